The first-order chi connectivity index (χ1) is 14.2. The lowest BCUT2D eigenvalue weighted by Gasteiger charge is -2.26. The average Bonchev–Trinajstić information content (AvgIpc) is 2.60. The van der Waals surface area contributed by atoms with Crippen LogP contribution in [-0.4, -0.2) is 17.0 Å². The van der Waals surface area contributed by atoms with E-state index in [2.05, 4.69) is 6.58 Å². The molecule has 4 heteroatoms. The third kappa shape index (κ3) is 7.97. The summed E-state index contributed by atoms with van der Waals surface area (Å²) in [5.41, 5.74) is 1.67. The number of carbonyl (C=O) groups is 1. The molecule has 0 spiro atoms. The van der Waals surface area contributed by atoms with Gasteiger partial charge in [-0.05, 0) is 103 Å². The molecule has 2 aromatic rings. The van der Waals surface area contributed by atoms with Crippen molar-refractivity contribution < 1.29 is 19.0 Å². The molecule has 2 aromatic carbocycles. The maximum absolute atomic E-state index is 12.7. The van der Waals surface area contributed by atoms with Crippen molar-refractivity contribution in [1.82, 2.24) is 0 Å². The average molecular weight is 423 g/mol. The predicted molar refractivity (Wildman–Crippen MR) is 127 cm³/mol. The standard InChI is InChI=1S/C27H34O4/c1-18(2)29-22-13-10-20(11-14-22)23(28)15-12-21-16-19(3)24(30-26(4,5)6)17-25(21)31-27(7,8)9/h10-17H,1H2,2-9H3/b15-12+. The normalized spacial score (nSPS) is 12.0. The third-order valence-electron chi connectivity index (χ3n) is 3.98. The van der Waals surface area contributed by atoms with Gasteiger partial charge in [0.1, 0.15) is 28.5 Å². The number of allylic oxidation sites excluding steroid dienone is 2. The maximum Gasteiger partial charge on any atom is 0.185 e. The summed E-state index contributed by atoms with van der Waals surface area (Å²) in [5.74, 6) is 2.59. The van der Waals surface area contributed by atoms with Gasteiger partial charge in [-0.2, -0.15) is 0 Å². The zero-order chi connectivity index (χ0) is 23.4. The number of ketones is 1. The zero-order valence-corrected chi connectivity index (χ0v) is 20.0. The molecule has 0 amide bonds. The van der Waals surface area contributed by atoms with Crippen LogP contribution in [0, 0.1) is 6.92 Å². The number of hydrogen-bond donors (Lipinski definition) is 0. The summed E-state index contributed by atoms with van der Waals surface area (Å²) in [6.07, 6.45) is 3.35. The number of carbonyl (C=O) groups excluding carboxylic acids is 1. The van der Waals surface area contributed by atoms with Crippen LogP contribution in [0.2, 0.25) is 0 Å². The Kier molecular flexibility index (Phi) is 7.37. The van der Waals surface area contributed by atoms with Crippen LogP contribution in [-0.2, 0) is 0 Å². The van der Waals surface area contributed by atoms with E-state index in [0.29, 0.717) is 22.8 Å². The monoisotopic (exact) mass is 422 g/mol. The van der Waals surface area contributed by atoms with Gasteiger partial charge in [-0.15, -0.1) is 0 Å². The highest BCUT2D eigenvalue weighted by Gasteiger charge is 2.19. The first-order valence-corrected chi connectivity index (χ1v) is 10.4. The first kappa shape index (κ1) is 24.3. The second kappa shape index (κ2) is 9.42. The molecule has 0 radical (unpaired) electrons. The lowest BCUT2D eigenvalue weighted by Crippen LogP contribution is -2.25. The minimum absolute atomic E-state index is 0.101. The fraction of sp³-hybridized carbons (Fsp3) is 0.370. The molecular weight excluding hydrogens is 388 g/mol. The fourth-order valence-corrected chi connectivity index (χ4v) is 2.83. The van der Waals surface area contributed by atoms with Crippen molar-refractivity contribution in [2.75, 3.05) is 0 Å². The Labute approximate surface area is 186 Å². The van der Waals surface area contributed by atoms with Crippen LogP contribution < -0.4 is 14.2 Å². The summed E-state index contributed by atoms with van der Waals surface area (Å²) < 4.78 is 17.7. The van der Waals surface area contributed by atoms with E-state index in [-0.39, 0.29) is 17.0 Å². The number of aryl methyl sites for hydroxylation is 1. The van der Waals surface area contributed by atoms with E-state index in [0.717, 1.165) is 16.9 Å². The molecule has 0 aromatic heterocycles. The van der Waals surface area contributed by atoms with Crippen molar-refractivity contribution in [2.45, 2.75) is 66.6 Å². The molecule has 0 unspecified atom stereocenters. The summed E-state index contributed by atoms with van der Waals surface area (Å²) in [5, 5.41) is 0. The minimum Gasteiger partial charge on any atom is -0.488 e. The Morgan fingerprint density at radius 3 is 1.97 bits per heavy atom. The summed E-state index contributed by atoms with van der Waals surface area (Å²) >= 11 is 0. The SMILES string of the molecule is C=C(C)Oc1ccc(C(=O)/C=C/c2cc(C)c(OC(C)(C)C)cc2OC(C)(C)C)cc1. The molecule has 0 fully saturated rings. The van der Waals surface area contributed by atoms with Gasteiger partial charge < -0.3 is 14.2 Å². The molecule has 0 N–H and O–H groups in total. The van der Waals surface area contributed by atoms with Crippen LogP contribution in [0.3, 0.4) is 0 Å². The molecule has 166 valence electrons. The van der Waals surface area contributed by atoms with E-state index < -0.39 is 0 Å². The lowest BCUT2D eigenvalue weighted by atomic mass is 10.0. The van der Waals surface area contributed by atoms with Gasteiger partial charge in [-0.3, -0.25) is 4.79 Å². The van der Waals surface area contributed by atoms with E-state index >= 15 is 0 Å². The summed E-state index contributed by atoms with van der Waals surface area (Å²) in [6, 6.07) is 10.9. The van der Waals surface area contributed by atoms with Gasteiger partial charge in [0, 0.05) is 17.2 Å². The molecular formula is C27H34O4. The van der Waals surface area contributed by atoms with Crippen LogP contribution >= 0.6 is 0 Å². The van der Waals surface area contributed by atoms with E-state index in [1.165, 1.54) is 0 Å². The number of hydrogen-bond acceptors (Lipinski definition) is 4. The molecule has 0 heterocycles. The number of benzene rings is 2. The second-order valence-electron chi connectivity index (χ2n) is 9.61. The molecule has 0 aliphatic heterocycles. The largest absolute Gasteiger partial charge is 0.488 e. The Hall–Kier alpha value is -3.01. The van der Waals surface area contributed by atoms with Crippen LogP contribution in [0.25, 0.3) is 6.08 Å². The Bertz CT molecular complexity index is 968. The quantitative estimate of drug-likeness (QED) is 0.270. The van der Waals surface area contributed by atoms with Crippen LogP contribution in [0.1, 0.15) is 70.0 Å². The highest BCUT2D eigenvalue weighted by Crippen LogP contribution is 2.34. The molecule has 0 aliphatic carbocycles. The van der Waals surface area contributed by atoms with E-state index in [1.54, 1.807) is 43.3 Å². The van der Waals surface area contributed by atoms with Crippen molar-refractivity contribution in [1.29, 1.82) is 0 Å². The Morgan fingerprint density at radius 1 is 0.903 bits per heavy atom. The highest BCUT2D eigenvalue weighted by molar-refractivity contribution is 6.07. The summed E-state index contributed by atoms with van der Waals surface area (Å²) in [4.78, 5) is 12.7. The molecule has 0 saturated heterocycles. The van der Waals surface area contributed by atoms with Gasteiger partial charge in [0.2, 0.25) is 0 Å². The van der Waals surface area contributed by atoms with E-state index in [4.69, 9.17) is 14.2 Å². The molecule has 0 atom stereocenters. The van der Waals surface area contributed by atoms with Gasteiger partial charge in [0.15, 0.2) is 5.78 Å². The van der Waals surface area contributed by atoms with Crippen LogP contribution in [0.4, 0.5) is 0 Å². The van der Waals surface area contributed by atoms with Crippen molar-refractivity contribution in [2.24, 2.45) is 0 Å². The van der Waals surface area contributed by atoms with Crippen LogP contribution in [0.15, 0.2) is 54.8 Å². The Morgan fingerprint density at radius 2 is 1.45 bits per heavy atom. The first-order valence-electron chi connectivity index (χ1n) is 10.4. The third-order valence-corrected chi connectivity index (χ3v) is 3.98. The second-order valence-corrected chi connectivity index (χ2v) is 9.61. The summed E-state index contributed by atoms with van der Waals surface area (Å²) in [7, 11) is 0. The molecule has 4 nitrogen and oxygen atoms in total. The molecule has 0 aliphatic rings. The molecule has 31 heavy (non-hydrogen) atoms. The molecule has 2 rings (SSSR count). The summed E-state index contributed by atoms with van der Waals surface area (Å²) in [6.45, 7) is 19.5. The van der Waals surface area contributed by atoms with Gasteiger partial charge in [0.05, 0.1) is 5.76 Å². The van der Waals surface area contributed by atoms with Crippen molar-refractivity contribution in [3.63, 3.8) is 0 Å². The van der Waals surface area contributed by atoms with Crippen LogP contribution in [0.5, 0.6) is 17.2 Å². The van der Waals surface area contributed by atoms with Crippen molar-refractivity contribution >= 4 is 11.9 Å². The van der Waals surface area contributed by atoms with Crippen molar-refractivity contribution in [3.8, 4) is 17.2 Å². The molecule has 0 saturated carbocycles. The van der Waals surface area contributed by atoms with Gasteiger partial charge in [-0.25, -0.2) is 0 Å². The number of ether oxygens (including phenoxy) is 3. The van der Waals surface area contributed by atoms with Gasteiger partial charge >= 0.3 is 0 Å². The van der Waals surface area contributed by atoms with E-state index in [9.17, 15) is 4.79 Å². The van der Waals surface area contributed by atoms with Gasteiger partial charge in [-0.1, -0.05) is 6.58 Å². The van der Waals surface area contributed by atoms with E-state index in [1.807, 2.05) is 60.6 Å². The zero-order valence-electron chi connectivity index (χ0n) is 20.0. The van der Waals surface area contributed by atoms with Gasteiger partial charge in [0.25, 0.3) is 0 Å². The predicted octanol–water partition coefficient (Wildman–Crippen LogP) is 7.16. The number of rotatable bonds is 7. The van der Waals surface area contributed by atoms with Crippen molar-refractivity contribution in [3.05, 3.63) is 71.5 Å². The Balaban J connectivity index is 2.33. The minimum atomic E-state index is -0.389. The molecule has 0 bridgehead atoms. The lowest BCUT2D eigenvalue weighted by molar-refractivity contribution is 0.104. The maximum atomic E-state index is 12.7. The smallest absolute Gasteiger partial charge is 0.185 e. The topological polar surface area (TPSA) is 44.8 Å². The highest BCUT2D eigenvalue weighted by atomic mass is 16.5. The fourth-order valence-electron chi connectivity index (χ4n) is 2.83.